The van der Waals surface area contributed by atoms with E-state index in [0.29, 0.717) is 30.5 Å². The van der Waals surface area contributed by atoms with Crippen LogP contribution in [0.3, 0.4) is 0 Å². The van der Waals surface area contributed by atoms with Crippen LogP contribution in [0.1, 0.15) is 20.8 Å². The summed E-state index contributed by atoms with van der Waals surface area (Å²) in [7, 11) is 0. The van der Waals surface area contributed by atoms with Crippen LogP contribution in [0.4, 0.5) is 4.79 Å². The second kappa shape index (κ2) is 7.54. The molecule has 0 aliphatic heterocycles. The lowest BCUT2D eigenvalue weighted by atomic mass is 10.1. The molecule has 118 valence electrons. The first-order valence-electron chi connectivity index (χ1n) is 7.37. The molecule has 0 spiro atoms. The first kappa shape index (κ1) is 15.9. The van der Waals surface area contributed by atoms with Gasteiger partial charge in [-0.1, -0.05) is 24.3 Å². The second-order valence-corrected chi connectivity index (χ2v) is 4.40. The summed E-state index contributed by atoms with van der Waals surface area (Å²) in [6.45, 7) is 6.73. The minimum Gasteiger partial charge on any atom is -0.493 e. The van der Waals surface area contributed by atoms with Gasteiger partial charge in [-0.2, -0.15) is 0 Å². The molecule has 2 rings (SSSR count). The van der Waals surface area contributed by atoms with E-state index in [1.54, 1.807) is 13.0 Å². The predicted octanol–water partition coefficient (Wildman–Crippen LogP) is 4.17. The lowest BCUT2D eigenvalue weighted by Crippen LogP contribution is -2.11. The molecule has 2 aromatic carbocycles. The Morgan fingerprint density at radius 3 is 2.18 bits per heavy atom. The zero-order chi connectivity index (χ0) is 15.9. The Hall–Kier alpha value is -2.43. The van der Waals surface area contributed by atoms with E-state index in [0.717, 1.165) is 10.8 Å². The SMILES string of the molecule is CCOC(=O)Oc1c(OCC)cc(OCC)c2ccccc12. The minimum atomic E-state index is -0.752. The fourth-order valence-corrected chi connectivity index (χ4v) is 2.16. The molecule has 0 aliphatic rings. The Balaban J connectivity index is 2.57. The average molecular weight is 304 g/mol. The van der Waals surface area contributed by atoms with Gasteiger partial charge >= 0.3 is 6.16 Å². The van der Waals surface area contributed by atoms with Gasteiger partial charge in [-0.15, -0.1) is 0 Å². The van der Waals surface area contributed by atoms with E-state index in [1.165, 1.54) is 0 Å². The van der Waals surface area contributed by atoms with Crippen LogP contribution < -0.4 is 14.2 Å². The van der Waals surface area contributed by atoms with E-state index >= 15 is 0 Å². The quantitative estimate of drug-likeness (QED) is 0.592. The summed E-state index contributed by atoms with van der Waals surface area (Å²) < 4.78 is 21.5. The Bertz CT molecular complexity index is 651. The Labute approximate surface area is 129 Å². The molecule has 22 heavy (non-hydrogen) atoms. The van der Waals surface area contributed by atoms with Gasteiger partial charge in [-0.25, -0.2) is 4.79 Å². The van der Waals surface area contributed by atoms with Crippen molar-refractivity contribution in [1.29, 1.82) is 0 Å². The largest absolute Gasteiger partial charge is 0.513 e. The van der Waals surface area contributed by atoms with Crippen molar-refractivity contribution in [3.8, 4) is 17.2 Å². The third-order valence-corrected chi connectivity index (χ3v) is 2.97. The van der Waals surface area contributed by atoms with Crippen LogP contribution in [-0.2, 0) is 4.74 Å². The molecule has 0 N–H and O–H groups in total. The zero-order valence-corrected chi connectivity index (χ0v) is 13.0. The third-order valence-electron chi connectivity index (χ3n) is 2.97. The Kier molecular flexibility index (Phi) is 5.47. The van der Waals surface area contributed by atoms with E-state index in [1.807, 2.05) is 38.1 Å². The molecule has 0 saturated heterocycles. The maximum absolute atomic E-state index is 11.7. The smallest absolute Gasteiger partial charge is 0.493 e. The highest BCUT2D eigenvalue weighted by molar-refractivity contribution is 5.96. The van der Waals surface area contributed by atoms with Crippen LogP contribution in [-0.4, -0.2) is 26.0 Å². The standard InChI is InChI=1S/C17H20O5/c1-4-19-14-11-15(20-5-2)16(22-17(18)21-6-3)13-10-8-7-9-12(13)14/h7-11H,4-6H2,1-3H3. The highest BCUT2D eigenvalue weighted by Gasteiger charge is 2.18. The van der Waals surface area contributed by atoms with Crippen molar-refractivity contribution in [3.05, 3.63) is 30.3 Å². The molecule has 0 atom stereocenters. The van der Waals surface area contributed by atoms with Gasteiger partial charge in [0.05, 0.1) is 19.8 Å². The number of carbonyl (C=O) groups excluding carboxylic acids is 1. The number of hydrogen-bond donors (Lipinski definition) is 0. The fourth-order valence-electron chi connectivity index (χ4n) is 2.16. The van der Waals surface area contributed by atoms with Crippen LogP contribution >= 0.6 is 0 Å². The molecule has 2 aromatic rings. The number of benzene rings is 2. The van der Waals surface area contributed by atoms with Crippen molar-refractivity contribution in [1.82, 2.24) is 0 Å². The Morgan fingerprint density at radius 1 is 0.909 bits per heavy atom. The summed E-state index contributed by atoms with van der Waals surface area (Å²) in [5.74, 6) is 1.50. The van der Waals surface area contributed by atoms with Crippen LogP contribution in [0, 0.1) is 0 Å². The van der Waals surface area contributed by atoms with E-state index in [-0.39, 0.29) is 6.61 Å². The van der Waals surface area contributed by atoms with E-state index in [9.17, 15) is 4.79 Å². The van der Waals surface area contributed by atoms with Gasteiger partial charge in [-0.05, 0) is 20.8 Å². The van der Waals surface area contributed by atoms with Crippen molar-refractivity contribution < 1.29 is 23.7 Å². The van der Waals surface area contributed by atoms with Gasteiger partial charge in [0.15, 0.2) is 11.5 Å². The third kappa shape index (κ3) is 3.42. The van der Waals surface area contributed by atoms with Crippen LogP contribution in [0.25, 0.3) is 10.8 Å². The van der Waals surface area contributed by atoms with Gasteiger partial charge < -0.3 is 18.9 Å². The molecule has 5 nitrogen and oxygen atoms in total. The number of fused-ring (bicyclic) bond motifs is 1. The molecule has 0 aliphatic carbocycles. The number of hydrogen-bond acceptors (Lipinski definition) is 5. The summed E-state index contributed by atoms with van der Waals surface area (Å²) in [5, 5.41) is 1.59. The highest BCUT2D eigenvalue weighted by Crippen LogP contribution is 2.41. The first-order valence-corrected chi connectivity index (χ1v) is 7.37. The maximum atomic E-state index is 11.7. The summed E-state index contributed by atoms with van der Waals surface area (Å²) in [5.41, 5.74) is 0. The molecule has 5 heteroatoms. The second-order valence-electron chi connectivity index (χ2n) is 4.40. The monoisotopic (exact) mass is 304 g/mol. The van der Waals surface area contributed by atoms with Gasteiger partial charge in [0.2, 0.25) is 0 Å². The summed E-state index contributed by atoms with van der Waals surface area (Å²) in [6, 6.07) is 9.28. The van der Waals surface area contributed by atoms with E-state index < -0.39 is 6.16 Å². The topological polar surface area (TPSA) is 54.0 Å². The minimum absolute atomic E-state index is 0.248. The number of carbonyl (C=O) groups is 1. The lowest BCUT2D eigenvalue weighted by molar-refractivity contribution is 0.103. The van der Waals surface area contributed by atoms with Gasteiger partial charge in [-0.3, -0.25) is 0 Å². The molecule has 0 unspecified atom stereocenters. The molecule has 0 saturated carbocycles. The average Bonchev–Trinajstić information content (AvgIpc) is 2.51. The van der Waals surface area contributed by atoms with Gasteiger partial charge in [0, 0.05) is 16.8 Å². The van der Waals surface area contributed by atoms with Crippen LogP contribution in [0.2, 0.25) is 0 Å². The number of ether oxygens (including phenoxy) is 4. The van der Waals surface area contributed by atoms with Crippen molar-refractivity contribution in [2.24, 2.45) is 0 Å². The summed E-state index contributed by atoms with van der Waals surface area (Å²) in [6.07, 6.45) is -0.752. The van der Waals surface area contributed by atoms with Gasteiger partial charge in [0.1, 0.15) is 5.75 Å². The van der Waals surface area contributed by atoms with Crippen molar-refractivity contribution >= 4 is 16.9 Å². The number of rotatable bonds is 6. The van der Waals surface area contributed by atoms with E-state index in [2.05, 4.69) is 0 Å². The molecule has 0 fully saturated rings. The Morgan fingerprint density at radius 2 is 1.55 bits per heavy atom. The van der Waals surface area contributed by atoms with Crippen LogP contribution in [0.5, 0.6) is 17.2 Å². The predicted molar refractivity (Wildman–Crippen MR) is 83.9 cm³/mol. The molecule has 0 amide bonds. The maximum Gasteiger partial charge on any atom is 0.513 e. The van der Waals surface area contributed by atoms with Crippen LogP contribution in [0.15, 0.2) is 30.3 Å². The van der Waals surface area contributed by atoms with Crippen molar-refractivity contribution in [3.63, 3.8) is 0 Å². The van der Waals surface area contributed by atoms with Crippen molar-refractivity contribution in [2.45, 2.75) is 20.8 Å². The molecular formula is C17H20O5. The lowest BCUT2D eigenvalue weighted by Gasteiger charge is -2.16. The van der Waals surface area contributed by atoms with Crippen molar-refractivity contribution in [2.75, 3.05) is 19.8 Å². The molecule has 0 radical (unpaired) electrons. The molecular weight excluding hydrogens is 284 g/mol. The molecule has 0 aromatic heterocycles. The zero-order valence-electron chi connectivity index (χ0n) is 13.0. The van der Waals surface area contributed by atoms with E-state index in [4.69, 9.17) is 18.9 Å². The fraction of sp³-hybridized carbons (Fsp3) is 0.353. The highest BCUT2D eigenvalue weighted by atomic mass is 16.7. The normalized spacial score (nSPS) is 10.3. The first-order chi connectivity index (χ1) is 10.7. The molecule has 0 heterocycles. The molecule has 0 bridgehead atoms. The van der Waals surface area contributed by atoms with Gasteiger partial charge in [0.25, 0.3) is 0 Å². The summed E-state index contributed by atoms with van der Waals surface area (Å²) in [4.78, 5) is 11.7. The summed E-state index contributed by atoms with van der Waals surface area (Å²) >= 11 is 0.